The van der Waals surface area contributed by atoms with Crippen molar-refractivity contribution >= 4 is 5.97 Å². The molecule has 2 aromatic heterocycles. The average Bonchev–Trinajstić information content (AvgIpc) is 2.74. The molecule has 6 heteroatoms. The summed E-state index contributed by atoms with van der Waals surface area (Å²) in [6, 6.07) is 1.75. The molecule has 6 nitrogen and oxygen atoms in total. The topological polar surface area (TPSA) is 69.9 Å². The van der Waals surface area contributed by atoms with Gasteiger partial charge < -0.3 is 4.74 Å². The van der Waals surface area contributed by atoms with Gasteiger partial charge in [-0.1, -0.05) is 0 Å². The minimum absolute atomic E-state index is 0.243. The van der Waals surface area contributed by atoms with E-state index in [1.807, 2.05) is 20.8 Å². The quantitative estimate of drug-likeness (QED) is 0.797. The Labute approximate surface area is 117 Å². The summed E-state index contributed by atoms with van der Waals surface area (Å²) in [5, 5.41) is 4.43. The molecule has 0 spiro atoms. The van der Waals surface area contributed by atoms with Crippen LogP contribution in [0.5, 0.6) is 0 Å². The Balaban J connectivity index is 2.42. The summed E-state index contributed by atoms with van der Waals surface area (Å²) in [7, 11) is 0. The van der Waals surface area contributed by atoms with Crippen molar-refractivity contribution in [3.63, 3.8) is 0 Å². The minimum atomic E-state index is -0.354. The van der Waals surface area contributed by atoms with Crippen molar-refractivity contribution in [2.45, 2.75) is 33.6 Å². The van der Waals surface area contributed by atoms with Gasteiger partial charge in [0.1, 0.15) is 0 Å². The molecule has 0 aliphatic carbocycles. The van der Waals surface area contributed by atoms with E-state index in [1.54, 1.807) is 30.1 Å². The first-order valence-electron chi connectivity index (χ1n) is 6.56. The lowest BCUT2D eigenvalue weighted by molar-refractivity contribution is -0.144. The number of aromatic nitrogens is 4. The smallest absolute Gasteiger partial charge is 0.313 e. The second kappa shape index (κ2) is 5.81. The summed E-state index contributed by atoms with van der Waals surface area (Å²) in [6.45, 7) is 7.77. The van der Waals surface area contributed by atoms with Crippen LogP contribution in [0.1, 0.15) is 36.7 Å². The van der Waals surface area contributed by atoms with E-state index >= 15 is 0 Å². The Bertz CT molecular complexity index is 607. The van der Waals surface area contributed by atoms with Crippen molar-refractivity contribution < 1.29 is 9.53 Å². The predicted molar refractivity (Wildman–Crippen MR) is 73.7 cm³/mol. The molecule has 1 atom stereocenters. The van der Waals surface area contributed by atoms with Crippen molar-refractivity contribution in [2.24, 2.45) is 0 Å². The van der Waals surface area contributed by atoms with Crippen LogP contribution in [0.4, 0.5) is 0 Å². The van der Waals surface area contributed by atoms with Crippen LogP contribution in [0.25, 0.3) is 5.95 Å². The number of aryl methyl sites for hydroxylation is 1. The number of carbonyl (C=O) groups is 1. The van der Waals surface area contributed by atoms with Crippen LogP contribution in [-0.4, -0.2) is 32.3 Å². The van der Waals surface area contributed by atoms with Gasteiger partial charge in [0.2, 0.25) is 0 Å². The maximum atomic E-state index is 11.9. The van der Waals surface area contributed by atoms with Gasteiger partial charge in [0.15, 0.2) is 0 Å². The molecular weight excluding hydrogens is 256 g/mol. The number of nitrogens with zero attached hydrogens (tertiary/aromatic N) is 4. The van der Waals surface area contributed by atoms with Gasteiger partial charge in [-0.05, 0) is 33.8 Å². The van der Waals surface area contributed by atoms with Gasteiger partial charge in [0, 0.05) is 23.7 Å². The van der Waals surface area contributed by atoms with Crippen molar-refractivity contribution in [1.82, 2.24) is 19.7 Å². The van der Waals surface area contributed by atoms with Gasteiger partial charge in [-0.25, -0.2) is 14.6 Å². The molecule has 0 fully saturated rings. The largest absolute Gasteiger partial charge is 0.466 e. The van der Waals surface area contributed by atoms with E-state index in [1.165, 1.54) is 0 Å². The summed E-state index contributed by atoms with van der Waals surface area (Å²) < 4.78 is 6.73. The van der Waals surface area contributed by atoms with Crippen molar-refractivity contribution in [3.8, 4) is 5.95 Å². The van der Waals surface area contributed by atoms with Gasteiger partial charge in [0.05, 0.1) is 18.2 Å². The van der Waals surface area contributed by atoms with E-state index in [4.69, 9.17) is 4.74 Å². The van der Waals surface area contributed by atoms with Crippen LogP contribution in [-0.2, 0) is 9.53 Å². The monoisotopic (exact) mass is 274 g/mol. The molecule has 0 aromatic carbocycles. The molecule has 0 bridgehead atoms. The van der Waals surface area contributed by atoms with Crippen LogP contribution in [0.3, 0.4) is 0 Å². The molecule has 0 aliphatic rings. The molecule has 20 heavy (non-hydrogen) atoms. The van der Waals surface area contributed by atoms with E-state index in [9.17, 15) is 4.79 Å². The maximum Gasteiger partial charge on any atom is 0.313 e. The Kier molecular flexibility index (Phi) is 4.12. The fourth-order valence-corrected chi connectivity index (χ4v) is 2.26. The maximum absolute atomic E-state index is 11.9. The minimum Gasteiger partial charge on any atom is -0.466 e. The zero-order valence-corrected chi connectivity index (χ0v) is 12.1. The van der Waals surface area contributed by atoms with E-state index in [0.29, 0.717) is 12.6 Å². The Morgan fingerprint density at radius 3 is 2.60 bits per heavy atom. The lowest BCUT2D eigenvalue weighted by atomic mass is 9.99. The molecule has 0 amide bonds. The van der Waals surface area contributed by atoms with Crippen molar-refractivity contribution in [2.75, 3.05) is 6.61 Å². The van der Waals surface area contributed by atoms with Gasteiger partial charge in [-0.15, -0.1) is 0 Å². The van der Waals surface area contributed by atoms with Crippen LogP contribution < -0.4 is 0 Å². The van der Waals surface area contributed by atoms with E-state index in [2.05, 4.69) is 15.1 Å². The molecule has 0 radical (unpaired) electrons. The summed E-state index contributed by atoms with van der Waals surface area (Å²) in [4.78, 5) is 20.3. The molecular formula is C14H18N4O2. The number of ether oxygens (including phenoxy) is 1. The van der Waals surface area contributed by atoms with Crippen LogP contribution in [0.15, 0.2) is 18.5 Å². The molecule has 0 saturated heterocycles. The van der Waals surface area contributed by atoms with E-state index in [0.717, 1.165) is 17.0 Å². The molecule has 2 rings (SSSR count). The highest BCUT2D eigenvalue weighted by Gasteiger charge is 2.25. The number of carbonyl (C=O) groups excluding carboxylic acids is 1. The van der Waals surface area contributed by atoms with Crippen molar-refractivity contribution in [1.29, 1.82) is 0 Å². The highest BCUT2D eigenvalue weighted by molar-refractivity contribution is 5.78. The highest BCUT2D eigenvalue weighted by atomic mass is 16.5. The summed E-state index contributed by atoms with van der Waals surface area (Å²) in [5.74, 6) is -0.102. The van der Waals surface area contributed by atoms with Crippen LogP contribution >= 0.6 is 0 Å². The van der Waals surface area contributed by atoms with Crippen LogP contribution in [0, 0.1) is 13.8 Å². The molecule has 0 saturated carbocycles. The molecule has 2 heterocycles. The zero-order chi connectivity index (χ0) is 14.7. The first-order valence-corrected chi connectivity index (χ1v) is 6.56. The highest BCUT2D eigenvalue weighted by Crippen LogP contribution is 2.25. The average molecular weight is 274 g/mol. The molecule has 0 N–H and O–H groups in total. The van der Waals surface area contributed by atoms with Gasteiger partial charge in [-0.3, -0.25) is 4.79 Å². The number of rotatable bonds is 4. The lowest BCUT2D eigenvalue weighted by Crippen LogP contribution is -2.14. The first-order chi connectivity index (χ1) is 9.56. The third-order valence-electron chi connectivity index (χ3n) is 3.16. The molecule has 1 unspecified atom stereocenters. The second-order valence-electron chi connectivity index (χ2n) is 4.52. The zero-order valence-electron chi connectivity index (χ0n) is 12.1. The summed E-state index contributed by atoms with van der Waals surface area (Å²) in [6.07, 6.45) is 3.32. The standard InChI is InChI=1S/C14H18N4O2/c1-5-20-13(19)9(2)12-10(3)17-18(11(12)4)14-15-7-6-8-16-14/h6-9H,5H2,1-4H3. The van der Waals surface area contributed by atoms with E-state index < -0.39 is 0 Å². The van der Waals surface area contributed by atoms with E-state index in [-0.39, 0.29) is 11.9 Å². The molecule has 106 valence electrons. The molecule has 2 aromatic rings. The number of hydrogen-bond acceptors (Lipinski definition) is 5. The normalized spacial score (nSPS) is 12.2. The Hall–Kier alpha value is -2.24. The first kappa shape index (κ1) is 14.2. The molecule has 0 aliphatic heterocycles. The second-order valence-corrected chi connectivity index (χ2v) is 4.52. The fourth-order valence-electron chi connectivity index (χ4n) is 2.26. The van der Waals surface area contributed by atoms with Gasteiger partial charge in [0.25, 0.3) is 5.95 Å². The van der Waals surface area contributed by atoms with Gasteiger partial charge >= 0.3 is 5.97 Å². The third-order valence-corrected chi connectivity index (χ3v) is 3.16. The fraction of sp³-hybridized carbons (Fsp3) is 0.429. The lowest BCUT2D eigenvalue weighted by Gasteiger charge is -2.11. The predicted octanol–water partition coefficient (Wildman–Crippen LogP) is 1.95. The Morgan fingerprint density at radius 2 is 2.00 bits per heavy atom. The van der Waals surface area contributed by atoms with Crippen molar-refractivity contribution in [3.05, 3.63) is 35.4 Å². The Morgan fingerprint density at radius 1 is 1.35 bits per heavy atom. The summed E-state index contributed by atoms with van der Waals surface area (Å²) >= 11 is 0. The number of esters is 1. The SMILES string of the molecule is CCOC(=O)C(C)c1c(C)nn(-c2ncccn2)c1C. The summed E-state index contributed by atoms with van der Waals surface area (Å²) in [5.41, 5.74) is 2.51. The van der Waals surface area contributed by atoms with Gasteiger partial charge in [-0.2, -0.15) is 5.10 Å². The third kappa shape index (κ3) is 2.54. The number of hydrogen-bond donors (Lipinski definition) is 0. The van der Waals surface area contributed by atoms with Crippen LogP contribution in [0.2, 0.25) is 0 Å².